The molecule has 0 saturated heterocycles. The monoisotopic (exact) mass is 357 g/mol. The Morgan fingerprint density at radius 1 is 0.852 bits per heavy atom. The number of aryl methyl sites for hydroxylation is 1. The van der Waals surface area contributed by atoms with Crippen molar-refractivity contribution in [2.24, 2.45) is 0 Å². The molecule has 1 amide bonds. The molecule has 0 unspecified atom stereocenters. The van der Waals surface area contributed by atoms with Crippen molar-refractivity contribution in [2.75, 3.05) is 12.1 Å². The zero-order valence-corrected chi connectivity index (χ0v) is 14.9. The second-order valence-corrected chi connectivity index (χ2v) is 6.39. The van der Waals surface area contributed by atoms with Gasteiger partial charge in [0.2, 0.25) is 6.79 Å². The predicted octanol–water partition coefficient (Wildman–Crippen LogP) is 5.15. The minimum Gasteiger partial charge on any atom is -0.454 e. The van der Waals surface area contributed by atoms with Gasteiger partial charge in [0, 0.05) is 11.3 Å². The Kier molecular flexibility index (Phi) is 4.62. The summed E-state index contributed by atoms with van der Waals surface area (Å²) in [5, 5.41) is 2.91. The van der Waals surface area contributed by atoms with Crippen LogP contribution in [0.5, 0.6) is 11.5 Å². The molecule has 0 bridgehead atoms. The van der Waals surface area contributed by atoms with Gasteiger partial charge in [0.15, 0.2) is 11.5 Å². The first-order valence-corrected chi connectivity index (χ1v) is 8.73. The molecule has 0 radical (unpaired) electrons. The van der Waals surface area contributed by atoms with E-state index in [-0.39, 0.29) is 12.7 Å². The quantitative estimate of drug-likeness (QED) is 0.657. The molecule has 0 aliphatic carbocycles. The molecule has 4 nitrogen and oxygen atoms in total. The Morgan fingerprint density at radius 2 is 1.52 bits per heavy atom. The minimum absolute atomic E-state index is 0.112. The molecule has 27 heavy (non-hydrogen) atoms. The van der Waals surface area contributed by atoms with Crippen LogP contribution in [0.15, 0.2) is 66.7 Å². The summed E-state index contributed by atoms with van der Waals surface area (Å²) in [6, 6.07) is 21.1. The lowest BCUT2D eigenvalue weighted by molar-refractivity contribution is 0.102. The van der Waals surface area contributed by atoms with E-state index in [4.69, 9.17) is 9.47 Å². The first kappa shape index (κ1) is 16.9. The van der Waals surface area contributed by atoms with Crippen LogP contribution in [0.2, 0.25) is 0 Å². The van der Waals surface area contributed by atoms with Crippen LogP contribution in [-0.4, -0.2) is 12.7 Å². The molecule has 0 atom stereocenters. The molecule has 134 valence electrons. The van der Waals surface area contributed by atoms with E-state index in [1.54, 1.807) is 0 Å². The van der Waals surface area contributed by atoms with Crippen molar-refractivity contribution in [1.82, 2.24) is 0 Å². The van der Waals surface area contributed by atoms with Gasteiger partial charge in [-0.1, -0.05) is 48.0 Å². The predicted molar refractivity (Wildman–Crippen MR) is 107 cm³/mol. The van der Waals surface area contributed by atoms with Crippen LogP contribution in [0.1, 0.15) is 27.0 Å². The van der Waals surface area contributed by atoms with E-state index in [9.17, 15) is 4.79 Å². The molecule has 3 aromatic carbocycles. The lowest BCUT2D eigenvalue weighted by Gasteiger charge is -2.06. The average Bonchev–Trinajstić information content (AvgIpc) is 3.16. The molecule has 4 heteroatoms. The number of nitrogens with one attached hydrogen (secondary N) is 1. The molecule has 0 aromatic heterocycles. The zero-order valence-electron chi connectivity index (χ0n) is 14.9. The summed E-state index contributed by atoms with van der Waals surface area (Å²) in [5.41, 5.74) is 4.62. The van der Waals surface area contributed by atoms with Crippen LogP contribution >= 0.6 is 0 Å². The van der Waals surface area contributed by atoms with Gasteiger partial charge in [-0.25, -0.2) is 0 Å². The van der Waals surface area contributed by atoms with E-state index >= 15 is 0 Å². The van der Waals surface area contributed by atoms with Crippen molar-refractivity contribution in [3.63, 3.8) is 0 Å². The van der Waals surface area contributed by atoms with Gasteiger partial charge in [-0.15, -0.1) is 0 Å². The number of anilines is 1. The molecule has 0 spiro atoms. The van der Waals surface area contributed by atoms with Gasteiger partial charge < -0.3 is 14.8 Å². The van der Waals surface area contributed by atoms with Crippen molar-refractivity contribution in [3.8, 4) is 11.5 Å². The highest BCUT2D eigenvalue weighted by Gasteiger charge is 2.12. The third kappa shape index (κ3) is 4.01. The third-order valence-corrected chi connectivity index (χ3v) is 4.35. The number of fused-ring (bicyclic) bond motifs is 1. The number of ether oxygens (including phenoxy) is 2. The lowest BCUT2D eigenvalue weighted by atomic mass is 10.1. The highest BCUT2D eigenvalue weighted by molar-refractivity contribution is 6.04. The summed E-state index contributed by atoms with van der Waals surface area (Å²) < 4.78 is 10.7. The highest BCUT2D eigenvalue weighted by Crippen LogP contribution is 2.33. The number of benzene rings is 3. The maximum absolute atomic E-state index is 12.3. The van der Waals surface area contributed by atoms with Crippen molar-refractivity contribution in [1.29, 1.82) is 0 Å². The van der Waals surface area contributed by atoms with Gasteiger partial charge in [0.1, 0.15) is 0 Å². The number of rotatable bonds is 4. The van der Waals surface area contributed by atoms with Gasteiger partial charge in [-0.2, -0.15) is 0 Å². The Bertz CT molecular complexity index is 989. The van der Waals surface area contributed by atoms with Crippen molar-refractivity contribution >= 4 is 23.7 Å². The molecule has 1 N–H and O–H groups in total. The summed E-state index contributed by atoms with van der Waals surface area (Å²) in [7, 11) is 0. The molecule has 3 aromatic rings. The Balaban J connectivity index is 1.41. The second kappa shape index (κ2) is 7.38. The molecular weight excluding hydrogens is 338 g/mol. The van der Waals surface area contributed by atoms with E-state index in [0.29, 0.717) is 5.56 Å². The van der Waals surface area contributed by atoms with Crippen LogP contribution in [0.4, 0.5) is 5.69 Å². The molecule has 1 heterocycles. The third-order valence-electron chi connectivity index (χ3n) is 4.35. The molecule has 0 fully saturated rings. The fraction of sp³-hybridized carbons (Fsp3) is 0.0870. The average molecular weight is 357 g/mol. The van der Waals surface area contributed by atoms with Crippen molar-refractivity contribution in [2.45, 2.75) is 6.92 Å². The second-order valence-electron chi connectivity index (χ2n) is 6.39. The van der Waals surface area contributed by atoms with Gasteiger partial charge >= 0.3 is 0 Å². The van der Waals surface area contributed by atoms with Gasteiger partial charge in [-0.3, -0.25) is 4.79 Å². The largest absolute Gasteiger partial charge is 0.454 e. The van der Waals surface area contributed by atoms with Crippen LogP contribution in [0, 0.1) is 6.92 Å². The number of amides is 1. The fourth-order valence-electron chi connectivity index (χ4n) is 2.80. The van der Waals surface area contributed by atoms with Crippen LogP contribution in [-0.2, 0) is 0 Å². The van der Waals surface area contributed by atoms with Crippen LogP contribution < -0.4 is 14.8 Å². The standard InChI is InChI=1S/C23H19NO3/c1-16-2-9-19(10-3-16)23(25)24-20-11-6-17(7-12-20)4-5-18-8-13-21-22(14-18)27-15-26-21/h2-14H,15H2,1H3,(H,24,25)/b5-4+. The van der Waals surface area contributed by atoms with Gasteiger partial charge in [-0.05, 0) is 54.4 Å². The smallest absolute Gasteiger partial charge is 0.255 e. The molecule has 1 aliphatic rings. The summed E-state index contributed by atoms with van der Waals surface area (Å²) in [4.78, 5) is 12.3. The molecule has 4 rings (SSSR count). The zero-order chi connectivity index (χ0) is 18.6. The number of hydrogen-bond donors (Lipinski definition) is 1. The maximum atomic E-state index is 12.3. The lowest BCUT2D eigenvalue weighted by Crippen LogP contribution is -2.11. The Labute approximate surface area is 158 Å². The van der Waals surface area contributed by atoms with Crippen molar-refractivity contribution in [3.05, 3.63) is 89.0 Å². The fourth-order valence-corrected chi connectivity index (χ4v) is 2.80. The number of carbonyl (C=O) groups is 1. The summed E-state index contributed by atoms with van der Waals surface area (Å²) in [6.07, 6.45) is 4.03. The van der Waals surface area contributed by atoms with E-state index < -0.39 is 0 Å². The highest BCUT2D eigenvalue weighted by atomic mass is 16.7. The normalized spacial score (nSPS) is 12.3. The first-order valence-electron chi connectivity index (χ1n) is 8.73. The van der Waals surface area contributed by atoms with E-state index in [1.165, 1.54) is 0 Å². The van der Waals surface area contributed by atoms with Crippen molar-refractivity contribution < 1.29 is 14.3 Å². The van der Waals surface area contributed by atoms with Gasteiger partial charge in [0.05, 0.1) is 0 Å². The Morgan fingerprint density at radius 3 is 2.30 bits per heavy atom. The topological polar surface area (TPSA) is 47.6 Å². The summed E-state index contributed by atoms with van der Waals surface area (Å²) in [5.74, 6) is 1.44. The molecule has 0 saturated carbocycles. The minimum atomic E-state index is -0.112. The maximum Gasteiger partial charge on any atom is 0.255 e. The molecular formula is C23H19NO3. The summed E-state index contributed by atoms with van der Waals surface area (Å²) in [6.45, 7) is 2.27. The van der Waals surface area contributed by atoms with Gasteiger partial charge in [0.25, 0.3) is 5.91 Å². The molecule has 1 aliphatic heterocycles. The van der Waals surface area contributed by atoms with Crippen LogP contribution in [0.25, 0.3) is 12.2 Å². The van der Waals surface area contributed by atoms with E-state index in [1.807, 2.05) is 85.8 Å². The number of hydrogen-bond acceptors (Lipinski definition) is 3. The van der Waals surface area contributed by atoms with Crippen LogP contribution in [0.3, 0.4) is 0 Å². The summed E-state index contributed by atoms with van der Waals surface area (Å²) >= 11 is 0. The number of carbonyl (C=O) groups excluding carboxylic acids is 1. The Hall–Kier alpha value is -3.53. The van der Waals surface area contributed by atoms with E-state index in [2.05, 4.69) is 5.32 Å². The van der Waals surface area contributed by atoms with E-state index in [0.717, 1.165) is 33.9 Å². The first-order chi connectivity index (χ1) is 13.2. The SMILES string of the molecule is Cc1ccc(C(=O)Nc2ccc(/C=C/c3ccc4c(c3)OCO4)cc2)cc1.